The molecule has 9 aromatic rings. The van der Waals surface area contributed by atoms with Gasteiger partial charge in [-0.3, -0.25) is 15.0 Å². The summed E-state index contributed by atoms with van der Waals surface area (Å²) in [6, 6.07) is 51.4. The van der Waals surface area contributed by atoms with E-state index < -0.39 is 0 Å². The van der Waals surface area contributed by atoms with E-state index in [1.165, 1.54) is 0 Å². The van der Waals surface area contributed by atoms with E-state index in [4.69, 9.17) is 24.9 Å². The van der Waals surface area contributed by atoms with E-state index in [0.717, 1.165) is 72.0 Å². The first-order valence-corrected chi connectivity index (χ1v) is 16.4. The molecule has 4 aromatic heterocycles. The molecule has 50 heavy (non-hydrogen) atoms. The molecule has 0 radical (unpaired) electrons. The smallest absolute Gasteiger partial charge is 0.164 e. The third kappa shape index (κ3) is 5.55. The molecular formula is C44H28N6. The lowest BCUT2D eigenvalue weighted by Crippen LogP contribution is -2.00. The molecule has 0 aliphatic carbocycles. The highest BCUT2D eigenvalue weighted by Gasteiger charge is 2.17. The van der Waals surface area contributed by atoms with Crippen molar-refractivity contribution in [2.24, 2.45) is 0 Å². The van der Waals surface area contributed by atoms with Crippen LogP contribution in [-0.2, 0) is 0 Å². The average Bonchev–Trinajstić information content (AvgIpc) is 3.21. The van der Waals surface area contributed by atoms with Gasteiger partial charge in [-0.25, -0.2) is 15.0 Å². The maximum atomic E-state index is 5.07. The summed E-state index contributed by atoms with van der Waals surface area (Å²) >= 11 is 0. The predicted octanol–water partition coefficient (Wildman–Crippen LogP) is 10.4. The number of pyridine rings is 3. The van der Waals surface area contributed by atoms with E-state index in [1.807, 2.05) is 110 Å². The van der Waals surface area contributed by atoms with Crippen LogP contribution in [-0.4, -0.2) is 29.9 Å². The summed E-state index contributed by atoms with van der Waals surface area (Å²) in [7, 11) is 0. The van der Waals surface area contributed by atoms with Gasteiger partial charge in [0.15, 0.2) is 17.5 Å². The van der Waals surface area contributed by atoms with E-state index in [1.54, 1.807) is 0 Å². The minimum Gasteiger partial charge on any atom is -0.256 e. The molecule has 5 aromatic carbocycles. The van der Waals surface area contributed by atoms with Crippen LogP contribution in [0.15, 0.2) is 170 Å². The Kier molecular flexibility index (Phi) is 7.37. The Morgan fingerprint density at radius 2 is 0.900 bits per heavy atom. The van der Waals surface area contributed by atoms with Crippen LogP contribution in [0.5, 0.6) is 0 Å². The van der Waals surface area contributed by atoms with Gasteiger partial charge in [-0.2, -0.15) is 0 Å². The highest BCUT2D eigenvalue weighted by atomic mass is 15.0. The van der Waals surface area contributed by atoms with E-state index >= 15 is 0 Å². The molecule has 4 heterocycles. The molecule has 0 N–H and O–H groups in total. The molecule has 0 spiro atoms. The van der Waals surface area contributed by atoms with Crippen molar-refractivity contribution in [1.82, 2.24) is 29.9 Å². The first-order chi connectivity index (χ1) is 24.8. The number of hydrogen-bond donors (Lipinski definition) is 0. The van der Waals surface area contributed by atoms with Crippen molar-refractivity contribution in [1.29, 1.82) is 0 Å². The number of fused-ring (bicyclic) bond motifs is 3. The van der Waals surface area contributed by atoms with Gasteiger partial charge in [0.2, 0.25) is 0 Å². The first kappa shape index (κ1) is 29.2. The highest BCUT2D eigenvalue weighted by Crippen LogP contribution is 2.38. The molecule has 6 nitrogen and oxygen atoms in total. The number of aromatic nitrogens is 6. The Balaban J connectivity index is 1.28. The van der Waals surface area contributed by atoms with Crippen LogP contribution in [0.3, 0.4) is 0 Å². The largest absolute Gasteiger partial charge is 0.256 e. The van der Waals surface area contributed by atoms with Gasteiger partial charge in [0, 0.05) is 57.2 Å². The second-order valence-electron chi connectivity index (χ2n) is 12.0. The molecule has 0 unspecified atom stereocenters. The number of hydrogen-bond acceptors (Lipinski definition) is 6. The third-order valence-electron chi connectivity index (χ3n) is 8.83. The standard InChI is InChI=1S/C44H28N6/c1-4-12-29(13-5-1)39-21-20-33(28-47-39)34-24-35(38-27-32-18-10-22-45-40(32)41-37(38)19-11-23-46-41)26-36(25-34)44-49-42(30-14-6-2-7-15-30)48-43(50-44)31-16-8-3-9-17-31/h1-28H. The predicted molar refractivity (Wildman–Crippen MR) is 201 cm³/mol. The Hall–Kier alpha value is -6.92. The summed E-state index contributed by atoms with van der Waals surface area (Å²) in [6.45, 7) is 0. The quantitative estimate of drug-likeness (QED) is 0.168. The topological polar surface area (TPSA) is 77.3 Å². The van der Waals surface area contributed by atoms with Crippen LogP contribution in [0, 0.1) is 0 Å². The van der Waals surface area contributed by atoms with Crippen molar-refractivity contribution >= 4 is 21.8 Å². The molecule has 0 saturated heterocycles. The number of nitrogens with zero attached hydrogens (tertiary/aromatic N) is 6. The molecule has 0 bridgehead atoms. The van der Waals surface area contributed by atoms with E-state index in [2.05, 4.69) is 65.6 Å². The molecule has 0 saturated carbocycles. The van der Waals surface area contributed by atoms with Crippen molar-refractivity contribution in [3.05, 3.63) is 170 Å². The van der Waals surface area contributed by atoms with Gasteiger partial charge < -0.3 is 0 Å². The lowest BCUT2D eigenvalue weighted by Gasteiger charge is -2.14. The fourth-order valence-corrected chi connectivity index (χ4v) is 6.38. The van der Waals surface area contributed by atoms with Crippen molar-refractivity contribution in [2.45, 2.75) is 0 Å². The molecule has 9 rings (SSSR count). The Morgan fingerprint density at radius 3 is 1.54 bits per heavy atom. The van der Waals surface area contributed by atoms with Gasteiger partial charge in [0.05, 0.1) is 16.7 Å². The molecule has 0 aliphatic rings. The first-order valence-electron chi connectivity index (χ1n) is 16.4. The SMILES string of the molecule is c1ccc(-c2ccc(-c3cc(-c4nc(-c5ccccc5)nc(-c5ccccc5)n4)cc(-c4cc5cccnc5c5ncccc45)c3)cn2)cc1. The van der Waals surface area contributed by atoms with Crippen molar-refractivity contribution in [3.8, 4) is 67.7 Å². The lowest BCUT2D eigenvalue weighted by molar-refractivity contribution is 1.07. The van der Waals surface area contributed by atoms with Crippen molar-refractivity contribution < 1.29 is 0 Å². The normalized spacial score (nSPS) is 11.2. The zero-order chi connectivity index (χ0) is 33.3. The fourth-order valence-electron chi connectivity index (χ4n) is 6.38. The number of rotatable bonds is 6. The monoisotopic (exact) mass is 640 g/mol. The highest BCUT2D eigenvalue weighted by molar-refractivity contribution is 6.10. The zero-order valence-corrected chi connectivity index (χ0v) is 26.8. The Bertz CT molecular complexity index is 2570. The summed E-state index contributed by atoms with van der Waals surface area (Å²) < 4.78 is 0. The van der Waals surface area contributed by atoms with Crippen LogP contribution < -0.4 is 0 Å². The van der Waals surface area contributed by atoms with Crippen LogP contribution in [0.4, 0.5) is 0 Å². The molecule has 0 amide bonds. The molecule has 0 aliphatic heterocycles. The second-order valence-corrected chi connectivity index (χ2v) is 12.0. The van der Waals surface area contributed by atoms with E-state index in [0.29, 0.717) is 17.5 Å². The maximum absolute atomic E-state index is 5.07. The summed E-state index contributed by atoms with van der Waals surface area (Å²) in [4.78, 5) is 29.4. The molecule has 234 valence electrons. The fraction of sp³-hybridized carbons (Fsp3) is 0. The minimum atomic E-state index is 0.583. The Morgan fingerprint density at radius 1 is 0.340 bits per heavy atom. The van der Waals surface area contributed by atoms with Gasteiger partial charge in [0.25, 0.3) is 0 Å². The summed E-state index contributed by atoms with van der Waals surface area (Å²) in [5.41, 5.74) is 10.5. The van der Waals surface area contributed by atoms with Crippen molar-refractivity contribution in [2.75, 3.05) is 0 Å². The summed E-state index contributed by atoms with van der Waals surface area (Å²) in [5.74, 6) is 1.81. The number of benzene rings is 5. The van der Waals surface area contributed by atoms with Gasteiger partial charge >= 0.3 is 0 Å². The second kappa shape index (κ2) is 12.6. The van der Waals surface area contributed by atoms with E-state index in [9.17, 15) is 0 Å². The van der Waals surface area contributed by atoms with Gasteiger partial charge in [-0.15, -0.1) is 0 Å². The minimum absolute atomic E-state index is 0.583. The molecular weight excluding hydrogens is 613 g/mol. The van der Waals surface area contributed by atoms with Gasteiger partial charge in [-0.1, -0.05) is 109 Å². The van der Waals surface area contributed by atoms with Crippen LogP contribution in [0.2, 0.25) is 0 Å². The molecule has 0 atom stereocenters. The maximum Gasteiger partial charge on any atom is 0.164 e. The average molecular weight is 641 g/mol. The van der Waals surface area contributed by atoms with Crippen molar-refractivity contribution in [3.63, 3.8) is 0 Å². The van der Waals surface area contributed by atoms with Gasteiger partial charge in [0.1, 0.15) is 0 Å². The van der Waals surface area contributed by atoms with E-state index in [-0.39, 0.29) is 0 Å². The Labute approximate surface area is 288 Å². The van der Waals surface area contributed by atoms with Gasteiger partial charge in [-0.05, 0) is 59.2 Å². The van der Waals surface area contributed by atoms with Crippen LogP contribution in [0.25, 0.3) is 89.5 Å². The molecule has 0 fully saturated rings. The van der Waals surface area contributed by atoms with Crippen LogP contribution in [0.1, 0.15) is 0 Å². The third-order valence-corrected chi connectivity index (χ3v) is 8.83. The lowest BCUT2D eigenvalue weighted by atomic mass is 9.93. The zero-order valence-electron chi connectivity index (χ0n) is 26.8. The summed E-state index contributed by atoms with van der Waals surface area (Å²) in [5, 5.41) is 2.04. The molecule has 6 heteroatoms. The van der Waals surface area contributed by atoms with Crippen LogP contribution >= 0.6 is 0 Å². The summed E-state index contributed by atoms with van der Waals surface area (Å²) in [6.07, 6.45) is 5.58.